The van der Waals surface area contributed by atoms with Crippen LogP contribution >= 0.6 is 0 Å². The number of hydrogen-bond donors (Lipinski definition) is 2. The summed E-state index contributed by atoms with van der Waals surface area (Å²) in [5, 5.41) is 6.57. The van der Waals surface area contributed by atoms with Gasteiger partial charge in [-0.15, -0.1) is 0 Å². The molecule has 1 saturated carbocycles. The van der Waals surface area contributed by atoms with Crippen molar-refractivity contribution in [3.8, 4) is 0 Å². The van der Waals surface area contributed by atoms with Crippen molar-refractivity contribution >= 4 is 17.8 Å². The second-order valence-corrected chi connectivity index (χ2v) is 9.25. The van der Waals surface area contributed by atoms with E-state index < -0.39 is 0 Å². The summed E-state index contributed by atoms with van der Waals surface area (Å²) in [7, 11) is 0. The van der Waals surface area contributed by atoms with E-state index in [0.717, 1.165) is 38.4 Å². The molecule has 2 aliphatic carbocycles. The van der Waals surface area contributed by atoms with Crippen LogP contribution in [0, 0.1) is 23.7 Å². The summed E-state index contributed by atoms with van der Waals surface area (Å²) in [6.45, 7) is 9.19. The van der Waals surface area contributed by atoms with E-state index in [-0.39, 0.29) is 35.5 Å². The van der Waals surface area contributed by atoms with Gasteiger partial charge in [-0.05, 0) is 57.9 Å². The smallest absolute Gasteiger partial charge is 0.233 e. The van der Waals surface area contributed by atoms with Crippen LogP contribution in [0.2, 0.25) is 0 Å². The number of nitrogens with zero attached hydrogens (tertiary/aromatic N) is 3. The number of rotatable bonds is 8. The van der Waals surface area contributed by atoms with Crippen molar-refractivity contribution in [2.24, 2.45) is 28.7 Å². The molecule has 0 aromatic heterocycles. The quantitative estimate of drug-likeness (QED) is 0.207. The molecule has 0 radical (unpaired) electrons. The van der Waals surface area contributed by atoms with Gasteiger partial charge in [-0.25, -0.2) is 0 Å². The lowest BCUT2D eigenvalue weighted by Gasteiger charge is -2.33. The third-order valence-electron chi connectivity index (χ3n) is 7.35. The first-order chi connectivity index (χ1) is 14.6. The number of nitrogens with one attached hydrogen (secondary N) is 2. The van der Waals surface area contributed by atoms with E-state index in [0.29, 0.717) is 19.1 Å². The normalized spacial score (nSPS) is 33.5. The first-order valence-corrected chi connectivity index (χ1v) is 11.9. The number of allylic oxidation sites excluding steroid dienone is 2. The number of likely N-dealkylation sites (tertiary alicyclic amines) is 2. The Morgan fingerprint density at radius 2 is 1.83 bits per heavy atom. The predicted octanol–water partition coefficient (Wildman–Crippen LogP) is 1.61. The predicted molar refractivity (Wildman–Crippen MR) is 118 cm³/mol. The van der Waals surface area contributed by atoms with Crippen molar-refractivity contribution in [1.29, 1.82) is 0 Å². The number of guanidine groups is 1. The third kappa shape index (κ3) is 4.27. The zero-order valence-corrected chi connectivity index (χ0v) is 18.5. The number of carbonyl (C=O) groups excluding carboxylic acids is 2. The van der Waals surface area contributed by atoms with Gasteiger partial charge in [0.05, 0.1) is 11.8 Å². The molecule has 0 aromatic rings. The zero-order valence-electron chi connectivity index (χ0n) is 18.5. The molecular formula is C23H37N5O2. The minimum absolute atomic E-state index is 0.0289. The van der Waals surface area contributed by atoms with Gasteiger partial charge in [-0.1, -0.05) is 18.6 Å². The minimum Gasteiger partial charge on any atom is -0.357 e. The fourth-order valence-corrected chi connectivity index (χ4v) is 5.77. The molecule has 5 unspecified atom stereocenters. The maximum atomic E-state index is 12.8. The lowest BCUT2D eigenvalue weighted by molar-refractivity contribution is -0.140. The molecule has 2 N–H and O–H groups in total. The third-order valence-corrected chi connectivity index (χ3v) is 7.35. The largest absolute Gasteiger partial charge is 0.357 e. The van der Waals surface area contributed by atoms with Crippen molar-refractivity contribution in [3.63, 3.8) is 0 Å². The van der Waals surface area contributed by atoms with Crippen LogP contribution in [0.15, 0.2) is 17.1 Å². The standard InChI is InChI=1S/C23H37N5O2/c1-3-24-23(25-10-6-13-27-12-5-4-7-16(27)2)26-11-14-28-21(29)19-17-8-9-18(15-17)20(19)22(28)30/h8-9,16-20H,3-7,10-15H2,1-2H3,(H2,24,25,26). The van der Waals surface area contributed by atoms with Crippen LogP contribution in [0.1, 0.15) is 46.0 Å². The molecular weight excluding hydrogens is 378 g/mol. The van der Waals surface area contributed by atoms with Crippen LogP contribution in [0.4, 0.5) is 0 Å². The number of fused-ring (bicyclic) bond motifs is 5. The van der Waals surface area contributed by atoms with Crippen molar-refractivity contribution in [2.75, 3.05) is 39.3 Å². The Balaban J connectivity index is 1.22. The molecule has 2 bridgehead atoms. The summed E-state index contributed by atoms with van der Waals surface area (Å²) < 4.78 is 0. The number of amides is 2. The Hall–Kier alpha value is -1.89. The second-order valence-electron chi connectivity index (χ2n) is 9.25. The van der Waals surface area contributed by atoms with Crippen LogP contribution < -0.4 is 10.6 Å². The molecule has 2 aliphatic heterocycles. The van der Waals surface area contributed by atoms with Gasteiger partial charge in [0, 0.05) is 38.8 Å². The Morgan fingerprint density at radius 1 is 1.10 bits per heavy atom. The van der Waals surface area contributed by atoms with E-state index in [4.69, 9.17) is 0 Å². The molecule has 30 heavy (non-hydrogen) atoms. The average molecular weight is 416 g/mol. The number of aliphatic imine (C=N–C) groups is 1. The van der Waals surface area contributed by atoms with Crippen LogP contribution in [0.5, 0.6) is 0 Å². The van der Waals surface area contributed by atoms with Crippen LogP contribution in [0.25, 0.3) is 0 Å². The van der Waals surface area contributed by atoms with Gasteiger partial charge in [-0.2, -0.15) is 0 Å². The van der Waals surface area contributed by atoms with Crippen molar-refractivity contribution < 1.29 is 9.59 Å². The van der Waals surface area contributed by atoms with E-state index in [2.05, 4.69) is 39.6 Å². The molecule has 7 heteroatoms. The lowest BCUT2D eigenvalue weighted by atomic mass is 9.85. The molecule has 2 saturated heterocycles. The van der Waals surface area contributed by atoms with Gasteiger partial charge in [0.15, 0.2) is 5.96 Å². The highest BCUT2D eigenvalue weighted by molar-refractivity contribution is 6.06. The molecule has 0 aromatic carbocycles. The monoisotopic (exact) mass is 415 g/mol. The summed E-state index contributed by atoms with van der Waals surface area (Å²) in [6, 6.07) is 0.689. The topological polar surface area (TPSA) is 77.0 Å². The van der Waals surface area contributed by atoms with E-state index in [1.165, 1.54) is 30.7 Å². The van der Waals surface area contributed by atoms with Gasteiger partial charge in [0.1, 0.15) is 0 Å². The number of imide groups is 1. The summed E-state index contributed by atoms with van der Waals surface area (Å²) >= 11 is 0. The fourth-order valence-electron chi connectivity index (χ4n) is 5.77. The Bertz CT molecular complexity index is 676. The molecule has 2 heterocycles. The van der Waals surface area contributed by atoms with Crippen LogP contribution in [0.3, 0.4) is 0 Å². The van der Waals surface area contributed by atoms with Gasteiger partial charge in [0.2, 0.25) is 11.8 Å². The van der Waals surface area contributed by atoms with Gasteiger partial charge < -0.3 is 15.5 Å². The van der Waals surface area contributed by atoms with Crippen LogP contribution in [-0.2, 0) is 9.59 Å². The first-order valence-electron chi connectivity index (χ1n) is 11.9. The van der Waals surface area contributed by atoms with Gasteiger partial charge >= 0.3 is 0 Å². The maximum absolute atomic E-state index is 12.8. The van der Waals surface area contributed by atoms with Gasteiger partial charge in [-0.3, -0.25) is 19.5 Å². The Labute approximate surface area is 180 Å². The molecule has 2 amide bonds. The van der Waals surface area contributed by atoms with Crippen LogP contribution in [-0.4, -0.2) is 72.9 Å². The van der Waals surface area contributed by atoms with E-state index in [1.54, 1.807) is 0 Å². The van der Waals surface area contributed by atoms with Crippen molar-refractivity contribution in [3.05, 3.63) is 12.2 Å². The minimum atomic E-state index is -0.105. The maximum Gasteiger partial charge on any atom is 0.233 e. The molecule has 4 aliphatic rings. The zero-order chi connectivity index (χ0) is 21.1. The lowest BCUT2D eigenvalue weighted by Crippen LogP contribution is -2.44. The number of carbonyl (C=O) groups is 2. The van der Waals surface area contributed by atoms with Gasteiger partial charge in [0.25, 0.3) is 0 Å². The van der Waals surface area contributed by atoms with Crippen molar-refractivity contribution in [2.45, 2.75) is 52.0 Å². The van der Waals surface area contributed by atoms with E-state index in [1.807, 2.05) is 6.92 Å². The molecule has 166 valence electrons. The van der Waals surface area contributed by atoms with E-state index in [9.17, 15) is 9.59 Å². The highest BCUT2D eigenvalue weighted by Gasteiger charge is 2.58. The highest BCUT2D eigenvalue weighted by Crippen LogP contribution is 2.52. The molecule has 5 atom stereocenters. The second kappa shape index (κ2) is 9.50. The number of hydrogen-bond acceptors (Lipinski definition) is 4. The van der Waals surface area contributed by atoms with E-state index >= 15 is 0 Å². The molecule has 3 fully saturated rings. The average Bonchev–Trinajstić information content (AvgIpc) is 3.42. The molecule has 4 rings (SSSR count). The summed E-state index contributed by atoms with van der Waals surface area (Å²) in [5.41, 5.74) is 0. The number of piperidine rings is 1. The summed E-state index contributed by atoms with van der Waals surface area (Å²) in [5.74, 6) is 1.16. The SMILES string of the molecule is CCNC(=NCCCN1CCCCC1C)NCCN1C(=O)C2C3C=CC(C3)C2C1=O. The highest BCUT2D eigenvalue weighted by atomic mass is 16.2. The Kier molecular flexibility index (Phi) is 6.76. The fraction of sp³-hybridized carbons (Fsp3) is 0.783. The Morgan fingerprint density at radius 3 is 2.50 bits per heavy atom. The molecule has 7 nitrogen and oxygen atoms in total. The summed E-state index contributed by atoms with van der Waals surface area (Å²) in [6.07, 6.45) is 10.3. The van der Waals surface area contributed by atoms with Crippen molar-refractivity contribution in [1.82, 2.24) is 20.4 Å². The first kappa shape index (κ1) is 21.3. The summed E-state index contributed by atoms with van der Waals surface area (Å²) in [4.78, 5) is 34.3. The molecule has 0 spiro atoms.